The van der Waals surface area contributed by atoms with E-state index in [0.29, 0.717) is 37.2 Å². The van der Waals surface area contributed by atoms with Crippen LogP contribution in [0.25, 0.3) is 0 Å². The van der Waals surface area contributed by atoms with E-state index in [4.69, 9.17) is 4.74 Å². The number of nitrogens with one attached hydrogen (secondary N) is 1. The highest BCUT2D eigenvalue weighted by atomic mass is 19.4. The van der Waals surface area contributed by atoms with Crippen molar-refractivity contribution in [3.05, 3.63) is 29.8 Å². The van der Waals surface area contributed by atoms with Gasteiger partial charge in [0, 0.05) is 19.0 Å². The number of nitrogens with zero attached hydrogens (tertiary/aromatic N) is 1. The van der Waals surface area contributed by atoms with Crippen molar-refractivity contribution in [1.29, 1.82) is 0 Å². The molecule has 0 unspecified atom stereocenters. The number of rotatable bonds is 4. The van der Waals surface area contributed by atoms with Crippen LogP contribution in [0.5, 0.6) is 5.75 Å². The lowest BCUT2D eigenvalue weighted by molar-refractivity contribution is -0.141. The predicted octanol–water partition coefficient (Wildman–Crippen LogP) is 2.23. The summed E-state index contributed by atoms with van der Waals surface area (Å²) in [7, 11) is 1.48. The Hall–Kier alpha value is -2.25. The van der Waals surface area contributed by atoms with Gasteiger partial charge in [-0.3, -0.25) is 9.59 Å². The molecule has 0 radical (unpaired) electrons. The number of amides is 2. The molecule has 1 saturated heterocycles. The van der Waals surface area contributed by atoms with Crippen LogP contribution in [0.4, 0.5) is 13.2 Å². The number of likely N-dealkylation sites (tertiary alicyclic amines) is 1. The minimum atomic E-state index is -4.42. The largest absolute Gasteiger partial charge is 0.496 e. The van der Waals surface area contributed by atoms with Crippen LogP contribution >= 0.6 is 0 Å². The molecule has 1 aliphatic heterocycles. The first kappa shape index (κ1) is 18.1. The Labute approximate surface area is 137 Å². The summed E-state index contributed by atoms with van der Waals surface area (Å²) in [5, 5.41) is 1.90. The summed E-state index contributed by atoms with van der Waals surface area (Å²) in [6, 6.07) is 6.83. The van der Waals surface area contributed by atoms with Gasteiger partial charge < -0.3 is 15.0 Å². The van der Waals surface area contributed by atoms with Crippen molar-refractivity contribution >= 4 is 11.8 Å². The molecule has 1 aliphatic rings. The molecule has 8 heteroatoms. The minimum absolute atomic E-state index is 0.207. The molecule has 1 N–H and O–H groups in total. The maximum absolute atomic E-state index is 12.5. The van der Waals surface area contributed by atoms with Gasteiger partial charge in [0.1, 0.15) is 12.3 Å². The number of ether oxygens (including phenoxy) is 1. The van der Waals surface area contributed by atoms with Gasteiger partial charge in [-0.2, -0.15) is 13.2 Å². The average molecular weight is 344 g/mol. The summed E-state index contributed by atoms with van der Waals surface area (Å²) in [5.74, 6) is -0.861. The zero-order valence-electron chi connectivity index (χ0n) is 13.2. The maximum atomic E-state index is 12.5. The van der Waals surface area contributed by atoms with Crippen molar-refractivity contribution in [3.63, 3.8) is 0 Å². The topological polar surface area (TPSA) is 58.6 Å². The SMILES string of the molecule is COc1ccccc1C(=O)N1CCC(C(=O)NCC(F)(F)F)CC1. The minimum Gasteiger partial charge on any atom is -0.496 e. The van der Waals surface area contributed by atoms with Crippen molar-refractivity contribution in [1.82, 2.24) is 10.2 Å². The van der Waals surface area contributed by atoms with E-state index in [1.54, 1.807) is 29.2 Å². The highest BCUT2D eigenvalue weighted by molar-refractivity contribution is 5.97. The van der Waals surface area contributed by atoms with Crippen molar-refractivity contribution in [2.75, 3.05) is 26.7 Å². The van der Waals surface area contributed by atoms with E-state index in [1.165, 1.54) is 7.11 Å². The summed E-state index contributed by atoms with van der Waals surface area (Å²) in [5.41, 5.74) is 0.431. The van der Waals surface area contributed by atoms with Gasteiger partial charge in [0.05, 0.1) is 12.7 Å². The summed E-state index contributed by atoms with van der Waals surface area (Å²) in [6.07, 6.45) is -3.74. The van der Waals surface area contributed by atoms with Crippen LogP contribution in [0.1, 0.15) is 23.2 Å². The molecule has 2 rings (SSSR count). The summed E-state index contributed by atoms with van der Waals surface area (Å²) in [4.78, 5) is 25.9. The first-order valence-corrected chi connectivity index (χ1v) is 7.58. The second-order valence-corrected chi connectivity index (χ2v) is 5.60. The molecule has 5 nitrogen and oxygen atoms in total. The Balaban J connectivity index is 1.90. The van der Waals surface area contributed by atoms with Crippen LogP contribution in [-0.2, 0) is 4.79 Å². The van der Waals surface area contributed by atoms with Crippen molar-refractivity contribution in [2.24, 2.45) is 5.92 Å². The normalized spacial score (nSPS) is 15.9. The Bertz CT molecular complexity index is 596. The monoisotopic (exact) mass is 344 g/mol. The quantitative estimate of drug-likeness (QED) is 0.911. The van der Waals surface area contributed by atoms with Crippen LogP contribution in [0, 0.1) is 5.92 Å². The second-order valence-electron chi connectivity index (χ2n) is 5.60. The highest BCUT2D eigenvalue weighted by Gasteiger charge is 2.32. The fraction of sp³-hybridized carbons (Fsp3) is 0.500. The molecule has 0 saturated carbocycles. The van der Waals surface area contributed by atoms with E-state index >= 15 is 0 Å². The van der Waals surface area contributed by atoms with Crippen LogP contribution in [-0.4, -0.2) is 49.6 Å². The second kappa shape index (κ2) is 7.55. The van der Waals surface area contributed by atoms with Gasteiger partial charge in [0.25, 0.3) is 5.91 Å². The van der Waals surface area contributed by atoms with Crippen LogP contribution in [0.15, 0.2) is 24.3 Å². The van der Waals surface area contributed by atoms with Gasteiger partial charge >= 0.3 is 6.18 Å². The third-order valence-corrected chi connectivity index (χ3v) is 3.95. The van der Waals surface area contributed by atoms with E-state index in [-0.39, 0.29) is 5.91 Å². The first-order valence-electron chi connectivity index (χ1n) is 7.58. The summed E-state index contributed by atoms with van der Waals surface area (Å²) < 4.78 is 41.6. The van der Waals surface area contributed by atoms with Crippen LogP contribution in [0.3, 0.4) is 0 Å². The lowest BCUT2D eigenvalue weighted by Crippen LogP contribution is -2.44. The number of hydrogen-bond acceptors (Lipinski definition) is 3. The number of methoxy groups -OCH3 is 1. The molecular weight excluding hydrogens is 325 g/mol. The van der Waals surface area contributed by atoms with E-state index in [2.05, 4.69) is 0 Å². The number of benzene rings is 1. The fourth-order valence-corrected chi connectivity index (χ4v) is 2.67. The number of hydrogen-bond donors (Lipinski definition) is 1. The van der Waals surface area contributed by atoms with Crippen LogP contribution in [0.2, 0.25) is 0 Å². The third kappa shape index (κ3) is 4.62. The molecule has 0 spiro atoms. The van der Waals surface area contributed by atoms with Crippen LogP contribution < -0.4 is 10.1 Å². The molecule has 0 aromatic heterocycles. The van der Waals surface area contributed by atoms with Gasteiger partial charge in [-0.1, -0.05) is 12.1 Å². The lowest BCUT2D eigenvalue weighted by Gasteiger charge is -2.31. The average Bonchev–Trinajstić information content (AvgIpc) is 2.58. The molecule has 1 aromatic rings. The Morgan fingerprint density at radius 1 is 1.25 bits per heavy atom. The van der Waals surface area contributed by atoms with Crippen molar-refractivity contribution < 1.29 is 27.5 Å². The Morgan fingerprint density at radius 2 is 1.88 bits per heavy atom. The van der Waals surface area contributed by atoms with E-state index < -0.39 is 24.5 Å². The number of carbonyl (C=O) groups excluding carboxylic acids is 2. The smallest absolute Gasteiger partial charge is 0.405 e. The summed E-state index contributed by atoms with van der Waals surface area (Å²) in [6.45, 7) is -0.686. The molecule has 1 aromatic carbocycles. The first-order chi connectivity index (χ1) is 11.3. The molecular formula is C16H19F3N2O3. The van der Waals surface area contributed by atoms with Crippen molar-refractivity contribution in [2.45, 2.75) is 19.0 Å². The van der Waals surface area contributed by atoms with Gasteiger partial charge in [-0.15, -0.1) is 0 Å². The summed E-state index contributed by atoms with van der Waals surface area (Å²) >= 11 is 0. The number of piperidine rings is 1. The zero-order chi connectivity index (χ0) is 17.7. The molecule has 24 heavy (non-hydrogen) atoms. The molecule has 0 aliphatic carbocycles. The highest BCUT2D eigenvalue weighted by Crippen LogP contribution is 2.24. The number of alkyl halides is 3. The molecule has 2 amide bonds. The molecule has 1 fully saturated rings. The standard InChI is InChI=1S/C16H19F3N2O3/c1-24-13-5-3-2-4-12(13)15(23)21-8-6-11(7-9-21)14(22)20-10-16(17,18)19/h2-5,11H,6-10H2,1H3,(H,20,22). The van der Waals surface area contributed by atoms with E-state index in [1.807, 2.05) is 5.32 Å². The number of para-hydroxylation sites is 1. The molecule has 132 valence electrons. The molecule has 0 bridgehead atoms. The Morgan fingerprint density at radius 3 is 2.46 bits per heavy atom. The number of halogens is 3. The van der Waals surface area contributed by atoms with Gasteiger partial charge in [0.2, 0.25) is 5.91 Å². The van der Waals surface area contributed by atoms with Gasteiger partial charge in [-0.05, 0) is 25.0 Å². The zero-order valence-corrected chi connectivity index (χ0v) is 13.2. The maximum Gasteiger partial charge on any atom is 0.405 e. The van der Waals surface area contributed by atoms with E-state index in [9.17, 15) is 22.8 Å². The molecule has 1 heterocycles. The predicted molar refractivity (Wildman–Crippen MR) is 80.7 cm³/mol. The van der Waals surface area contributed by atoms with E-state index in [0.717, 1.165) is 0 Å². The fourth-order valence-electron chi connectivity index (χ4n) is 2.67. The lowest BCUT2D eigenvalue weighted by atomic mass is 9.95. The Kier molecular flexibility index (Phi) is 5.69. The van der Waals surface area contributed by atoms with Gasteiger partial charge in [0.15, 0.2) is 0 Å². The van der Waals surface area contributed by atoms with Gasteiger partial charge in [-0.25, -0.2) is 0 Å². The van der Waals surface area contributed by atoms with Crippen molar-refractivity contribution in [3.8, 4) is 5.75 Å². The number of carbonyl (C=O) groups is 2. The third-order valence-electron chi connectivity index (χ3n) is 3.95. The molecule has 0 atom stereocenters.